The Hall–Kier alpha value is -0.120. The second-order valence-electron chi connectivity index (χ2n) is 7.33. The minimum absolute atomic E-state index is 0.0179. The Morgan fingerprint density at radius 1 is 1.41 bits per heavy atom. The molecule has 2 atom stereocenters. The van der Waals surface area contributed by atoms with Crippen LogP contribution in [0.3, 0.4) is 0 Å². The molecule has 1 saturated heterocycles. The third-order valence-corrected chi connectivity index (χ3v) is 4.12. The first kappa shape index (κ1) is 14.9. The third kappa shape index (κ3) is 4.23. The molecule has 0 aromatic carbocycles. The zero-order valence-electron chi connectivity index (χ0n) is 12.2. The van der Waals surface area contributed by atoms with Crippen molar-refractivity contribution in [1.29, 1.82) is 0 Å². The molecule has 3 nitrogen and oxygen atoms in total. The molecule has 102 valence electrons. The molecule has 0 bridgehead atoms. The van der Waals surface area contributed by atoms with E-state index >= 15 is 0 Å². The highest BCUT2D eigenvalue weighted by molar-refractivity contribution is 4.88. The summed E-state index contributed by atoms with van der Waals surface area (Å²) >= 11 is 0. The van der Waals surface area contributed by atoms with Crippen molar-refractivity contribution >= 4 is 0 Å². The summed E-state index contributed by atoms with van der Waals surface area (Å²) in [4.78, 5) is 2.44. The van der Waals surface area contributed by atoms with E-state index in [0.29, 0.717) is 0 Å². The number of nitrogens with two attached hydrogens (primary N) is 1. The highest BCUT2D eigenvalue weighted by Crippen LogP contribution is 2.29. The Balaban J connectivity index is 2.39. The summed E-state index contributed by atoms with van der Waals surface area (Å²) in [5, 5.41) is 9.91. The van der Waals surface area contributed by atoms with Crippen LogP contribution in [0.4, 0.5) is 0 Å². The SMILES string of the molecule is CC(C)(C)C(N)CCN1CCC(O)C(C)(C)C1. The van der Waals surface area contributed by atoms with E-state index in [2.05, 4.69) is 39.5 Å². The lowest BCUT2D eigenvalue weighted by molar-refractivity contribution is -0.0256. The van der Waals surface area contributed by atoms with Crippen molar-refractivity contribution < 1.29 is 5.11 Å². The molecule has 1 aliphatic rings. The summed E-state index contributed by atoms with van der Waals surface area (Å²) < 4.78 is 0. The average molecular weight is 242 g/mol. The van der Waals surface area contributed by atoms with Crippen LogP contribution in [0.15, 0.2) is 0 Å². The van der Waals surface area contributed by atoms with Crippen LogP contribution in [0.5, 0.6) is 0 Å². The van der Waals surface area contributed by atoms with Crippen molar-refractivity contribution in [2.75, 3.05) is 19.6 Å². The number of aliphatic hydroxyl groups is 1. The molecule has 0 aromatic rings. The standard InChI is InChI=1S/C14H30N2O/c1-13(2,3)11(15)6-8-16-9-7-12(17)14(4,5)10-16/h11-12,17H,6-10,15H2,1-5H3. The van der Waals surface area contributed by atoms with Crippen molar-refractivity contribution in [3.63, 3.8) is 0 Å². The average Bonchev–Trinajstić information content (AvgIpc) is 2.17. The zero-order valence-corrected chi connectivity index (χ0v) is 12.2. The summed E-state index contributed by atoms with van der Waals surface area (Å²) in [5.41, 5.74) is 6.39. The Morgan fingerprint density at radius 2 is 2.00 bits per heavy atom. The fraction of sp³-hybridized carbons (Fsp3) is 1.00. The number of hydrogen-bond acceptors (Lipinski definition) is 3. The molecule has 1 aliphatic heterocycles. The number of hydrogen-bond donors (Lipinski definition) is 2. The van der Waals surface area contributed by atoms with Crippen LogP contribution >= 0.6 is 0 Å². The van der Waals surface area contributed by atoms with Crippen molar-refractivity contribution in [1.82, 2.24) is 4.90 Å². The van der Waals surface area contributed by atoms with Crippen LogP contribution in [0.2, 0.25) is 0 Å². The lowest BCUT2D eigenvalue weighted by Crippen LogP contribution is -2.50. The Bertz CT molecular complexity index is 245. The van der Waals surface area contributed by atoms with Crippen molar-refractivity contribution in [2.24, 2.45) is 16.6 Å². The fourth-order valence-electron chi connectivity index (χ4n) is 2.40. The van der Waals surface area contributed by atoms with Gasteiger partial charge in [-0.1, -0.05) is 34.6 Å². The normalized spacial score (nSPS) is 28.1. The zero-order chi connectivity index (χ0) is 13.3. The minimum Gasteiger partial charge on any atom is -0.392 e. The van der Waals surface area contributed by atoms with Gasteiger partial charge < -0.3 is 15.7 Å². The predicted octanol–water partition coefficient (Wildman–Crippen LogP) is 1.84. The molecule has 17 heavy (non-hydrogen) atoms. The molecule has 3 N–H and O–H groups in total. The van der Waals surface area contributed by atoms with Gasteiger partial charge in [-0.05, 0) is 24.8 Å². The molecule has 0 aromatic heterocycles. The highest BCUT2D eigenvalue weighted by atomic mass is 16.3. The van der Waals surface area contributed by atoms with Crippen LogP contribution in [0.1, 0.15) is 47.5 Å². The first-order valence-electron chi connectivity index (χ1n) is 6.79. The molecular weight excluding hydrogens is 212 g/mol. The van der Waals surface area contributed by atoms with Crippen LogP contribution in [0.25, 0.3) is 0 Å². The van der Waals surface area contributed by atoms with E-state index in [1.165, 1.54) is 0 Å². The second kappa shape index (κ2) is 5.25. The first-order valence-corrected chi connectivity index (χ1v) is 6.79. The molecule has 0 saturated carbocycles. The molecule has 0 amide bonds. The summed E-state index contributed by atoms with van der Waals surface area (Å²) in [6.07, 6.45) is 1.77. The van der Waals surface area contributed by atoms with Gasteiger partial charge in [0.15, 0.2) is 0 Å². The topological polar surface area (TPSA) is 49.5 Å². The number of aliphatic hydroxyl groups excluding tert-OH is 1. The maximum absolute atomic E-state index is 9.91. The quantitative estimate of drug-likeness (QED) is 0.794. The summed E-state index contributed by atoms with van der Waals surface area (Å²) in [5.74, 6) is 0. The molecule has 0 radical (unpaired) electrons. The predicted molar refractivity (Wildman–Crippen MR) is 72.9 cm³/mol. The van der Waals surface area contributed by atoms with Crippen molar-refractivity contribution in [3.05, 3.63) is 0 Å². The van der Waals surface area contributed by atoms with Gasteiger partial charge in [-0.25, -0.2) is 0 Å². The third-order valence-electron chi connectivity index (χ3n) is 4.12. The van der Waals surface area contributed by atoms with E-state index in [4.69, 9.17) is 5.73 Å². The highest BCUT2D eigenvalue weighted by Gasteiger charge is 2.34. The van der Waals surface area contributed by atoms with Gasteiger partial charge in [0.05, 0.1) is 6.10 Å². The van der Waals surface area contributed by atoms with E-state index in [0.717, 1.165) is 32.5 Å². The maximum Gasteiger partial charge on any atom is 0.0615 e. The number of piperidine rings is 1. The summed E-state index contributed by atoms with van der Waals surface area (Å²) in [6, 6.07) is 0.248. The molecule has 3 heteroatoms. The lowest BCUT2D eigenvalue weighted by atomic mass is 9.80. The lowest BCUT2D eigenvalue weighted by Gasteiger charge is -2.42. The summed E-state index contributed by atoms with van der Waals surface area (Å²) in [7, 11) is 0. The van der Waals surface area contributed by atoms with Gasteiger partial charge in [0.25, 0.3) is 0 Å². The maximum atomic E-state index is 9.91. The van der Waals surface area contributed by atoms with Gasteiger partial charge in [0.1, 0.15) is 0 Å². The molecule has 1 fully saturated rings. The largest absolute Gasteiger partial charge is 0.392 e. The van der Waals surface area contributed by atoms with E-state index in [9.17, 15) is 5.11 Å². The van der Waals surface area contributed by atoms with Crippen LogP contribution in [-0.4, -0.2) is 41.8 Å². The van der Waals surface area contributed by atoms with Crippen molar-refractivity contribution in [2.45, 2.75) is 59.6 Å². The number of rotatable bonds is 3. The number of likely N-dealkylation sites (tertiary alicyclic amines) is 1. The summed E-state index contributed by atoms with van der Waals surface area (Å²) in [6.45, 7) is 13.9. The molecule has 0 spiro atoms. The smallest absolute Gasteiger partial charge is 0.0615 e. The molecule has 2 unspecified atom stereocenters. The number of nitrogens with zero attached hydrogens (tertiary/aromatic N) is 1. The van der Waals surface area contributed by atoms with E-state index in [1.807, 2.05) is 0 Å². The first-order chi connectivity index (χ1) is 7.63. The van der Waals surface area contributed by atoms with Gasteiger partial charge in [-0.3, -0.25) is 0 Å². The van der Waals surface area contributed by atoms with Gasteiger partial charge in [0.2, 0.25) is 0 Å². The Kier molecular flexibility index (Phi) is 4.61. The molecular formula is C14H30N2O. The molecule has 0 aliphatic carbocycles. The van der Waals surface area contributed by atoms with E-state index in [1.54, 1.807) is 0 Å². The van der Waals surface area contributed by atoms with Gasteiger partial charge in [-0.15, -0.1) is 0 Å². The van der Waals surface area contributed by atoms with Gasteiger partial charge in [0, 0.05) is 24.5 Å². The van der Waals surface area contributed by atoms with Crippen LogP contribution in [-0.2, 0) is 0 Å². The minimum atomic E-state index is -0.157. The van der Waals surface area contributed by atoms with E-state index < -0.39 is 0 Å². The van der Waals surface area contributed by atoms with Crippen LogP contribution in [0, 0.1) is 10.8 Å². The van der Waals surface area contributed by atoms with Gasteiger partial charge in [-0.2, -0.15) is 0 Å². The monoisotopic (exact) mass is 242 g/mol. The van der Waals surface area contributed by atoms with Crippen LogP contribution < -0.4 is 5.73 Å². The Labute approximate surface area is 106 Å². The Morgan fingerprint density at radius 3 is 2.47 bits per heavy atom. The molecule has 1 heterocycles. The van der Waals surface area contributed by atoms with E-state index in [-0.39, 0.29) is 23.0 Å². The second-order valence-corrected chi connectivity index (χ2v) is 7.33. The fourth-order valence-corrected chi connectivity index (χ4v) is 2.40. The molecule has 1 rings (SSSR count). The van der Waals surface area contributed by atoms with Crippen molar-refractivity contribution in [3.8, 4) is 0 Å². The van der Waals surface area contributed by atoms with Gasteiger partial charge >= 0.3 is 0 Å².